The van der Waals surface area contributed by atoms with E-state index in [1.54, 1.807) is 12.1 Å². The van der Waals surface area contributed by atoms with E-state index in [2.05, 4.69) is 5.32 Å². The number of hydrogen-bond donors (Lipinski definition) is 2. The molecule has 15 heavy (non-hydrogen) atoms. The predicted octanol–water partition coefficient (Wildman–Crippen LogP) is 1.58. The van der Waals surface area contributed by atoms with Crippen molar-refractivity contribution in [3.8, 4) is 0 Å². The fourth-order valence-electron chi connectivity index (χ4n) is 1.34. The normalized spacial score (nSPS) is 12.1. The summed E-state index contributed by atoms with van der Waals surface area (Å²) in [4.78, 5) is 11.5. The molecule has 0 spiro atoms. The predicted molar refractivity (Wildman–Crippen MR) is 59.7 cm³/mol. The van der Waals surface area contributed by atoms with E-state index in [1.807, 2.05) is 25.1 Å². The minimum absolute atomic E-state index is 0.134. The standard InChI is InChI=1S/C12H17NO2/c1-2-6-11(14)9-13-12(15)10-7-4-3-5-8-10/h3-5,7-8,11,14H,2,6,9H2,1H3,(H,13,15)/t11-/m0/s1. The van der Waals surface area contributed by atoms with E-state index in [0.717, 1.165) is 12.8 Å². The van der Waals surface area contributed by atoms with E-state index in [1.165, 1.54) is 0 Å². The number of aliphatic hydroxyl groups excluding tert-OH is 1. The van der Waals surface area contributed by atoms with Gasteiger partial charge < -0.3 is 10.4 Å². The van der Waals surface area contributed by atoms with Crippen molar-refractivity contribution in [2.75, 3.05) is 6.54 Å². The number of nitrogens with one attached hydrogen (secondary N) is 1. The van der Waals surface area contributed by atoms with Crippen molar-refractivity contribution in [2.24, 2.45) is 0 Å². The zero-order chi connectivity index (χ0) is 11.1. The maximum atomic E-state index is 11.5. The molecule has 0 unspecified atom stereocenters. The number of carbonyl (C=O) groups excluding carboxylic acids is 1. The van der Waals surface area contributed by atoms with E-state index >= 15 is 0 Å². The first-order valence-corrected chi connectivity index (χ1v) is 5.25. The average molecular weight is 207 g/mol. The highest BCUT2D eigenvalue weighted by Crippen LogP contribution is 1.99. The van der Waals surface area contributed by atoms with E-state index in [9.17, 15) is 9.90 Å². The van der Waals surface area contributed by atoms with Crippen LogP contribution in [-0.2, 0) is 0 Å². The Bertz CT molecular complexity index is 298. The third-order valence-electron chi connectivity index (χ3n) is 2.16. The Morgan fingerprint density at radius 2 is 2.07 bits per heavy atom. The second kappa shape index (κ2) is 6.19. The Balaban J connectivity index is 2.37. The monoisotopic (exact) mass is 207 g/mol. The Labute approximate surface area is 90.1 Å². The summed E-state index contributed by atoms with van der Waals surface area (Å²) < 4.78 is 0. The van der Waals surface area contributed by atoms with Crippen molar-refractivity contribution in [1.29, 1.82) is 0 Å². The Morgan fingerprint density at radius 1 is 1.40 bits per heavy atom. The second-order valence-corrected chi connectivity index (χ2v) is 3.52. The molecule has 3 heteroatoms. The van der Waals surface area contributed by atoms with Gasteiger partial charge in [0.2, 0.25) is 0 Å². The first-order valence-electron chi connectivity index (χ1n) is 5.25. The zero-order valence-electron chi connectivity index (χ0n) is 8.94. The minimum Gasteiger partial charge on any atom is -0.391 e. The van der Waals surface area contributed by atoms with Gasteiger partial charge in [-0.2, -0.15) is 0 Å². The lowest BCUT2D eigenvalue weighted by atomic mass is 10.2. The molecule has 0 heterocycles. The van der Waals surface area contributed by atoms with E-state index in [-0.39, 0.29) is 5.91 Å². The number of hydrogen-bond acceptors (Lipinski definition) is 2. The lowest BCUT2D eigenvalue weighted by molar-refractivity contribution is 0.0910. The quantitative estimate of drug-likeness (QED) is 0.770. The highest BCUT2D eigenvalue weighted by molar-refractivity contribution is 5.94. The molecule has 0 saturated heterocycles. The van der Waals surface area contributed by atoms with Crippen LogP contribution in [0.25, 0.3) is 0 Å². The highest BCUT2D eigenvalue weighted by atomic mass is 16.3. The molecule has 1 atom stereocenters. The van der Waals surface area contributed by atoms with Crippen molar-refractivity contribution >= 4 is 5.91 Å². The molecule has 0 bridgehead atoms. The molecule has 0 aromatic heterocycles. The highest BCUT2D eigenvalue weighted by Gasteiger charge is 2.07. The van der Waals surface area contributed by atoms with Gasteiger partial charge in [-0.25, -0.2) is 0 Å². The van der Waals surface area contributed by atoms with E-state index < -0.39 is 6.10 Å². The maximum absolute atomic E-state index is 11.5. The summed E-state index contributed by atoms with van der Waals surface area (Å²) >= 11 is 0. The number of aliphatic hydroxyl groups is 1. The third-order valence-corrected chi connectivity index (χ3v) is 2.16. The van der Waals surface area contributed by atoms with Crippen LogP contribution in [-0.4, -0.2) is 23.7 Å². The fourth-order valence-corrected chi connectivity index (χ4v) is 1.34. The van der Waals surface area contributed by atoms with Crippen molar-refractivity contribution in [2.45, 2.75) is 25.9 Å². The fraction of sp³-hybridized carbons (Fsp3) is 0.417. The van der Waals surface area contributed by atoms with Gasteiger partial charge in [-0.15, -0.1) is 0 Å². The van der Waals surface area contributed by atoms with Crippen molar-refractivity contribution < 1.29 is 9.90 Å². The summed E-state index contributed by atoms with van der Waals surface area (Å²) in [6, 6.07) is 9.00. The SMILES string of the molecule is CCC[C@H](O)CNC(=O)c1ccccc1. The molecule has 2 N–H and O–H groups in total. The largest absolute Gasteiger partial charge is 0.391 e. The van der Waals surface area contributed by atoms with Crippen LogP contribution in [0.15, 0.2) is 30.3 Å². The first-order chi connectivity index (χ1) is 7.24. The molecule has 82 valence electrons. The molecule has 0 aliphatic carbocycles. The van der Waals surface area contributed by atoms with Crippen LogP contribution in [0.3, 0.4) is 0 Å². The summed E-state index contributed by atoms with van der Waals surface area (Å²) in [6.07, 6.45) is 1.19. The first kappa shape index (κ1) is 11.7. The van der Waals surface area contributed by atoms with Gasteiger partial charge in [0.25, 0.3) is 5.91 Å². The molecular weight excluding hydrogens is 190 g/mol. The Morgan fingerprint density at radius 3 is 2.67 bits per heavy atom. The van der Waals surface area contributed by atoms with Gasteiger partial charge in [0.15, 0.2) is 0 Å². The number of benzene rings is 1. The topological polar surface area (TPSA) is 49.3 Å². The van der Waals surface area contributed by atoms with E-state index in [4.69, 9.17) is 0 Å². The molecule has 1 aromatic carbocycles. The molecule has 1 amide bonds. The molecule has 0 aliphatic heterocycles. The summed E-state index contributed by atoms with van der Waals surface area (Å²) in [5.41, 5.74) is 0.626. The smallest absolute Gasteiger partial charge is 0.251 e. The lowest BCUT2D eigenvalue weighted by Crippen LogP contribution is -2.31. The maximum Gasteiger partial charge on any atom is 0.251 e. The molecule has 0 aliphatic rings. The van der Waals surface area contributed by atoms with Gasteiger partial charge in [0.05, 0.1) is 6.10 Å². The number of amides is 1. The van der Waals surface area contributed by atoms with Gasteiger partial charge in [0.1, 0.15) is 0 Å². The number of rotatable bonds is 5. The van der Waals surface area contributed by atoms with Gasteiger partial charge in [-0.3, -0.25) is 4.79 Å². The Hall–Kier alpha value is -1.35. The van der Waals surface area contributed by atoms with Crippen LogP contribution in [0.4, 0.5) is 0 Å². The van der Waals surface area contributed by atoms with Crippen LogP contribution in [0.1, 0.15) is 30.1 Å². The summed E-state index contributed by atoms with van der Waals surface area (Å²) in [5.74, 6) is -0.134. The van der Waals surface area contributed by atoms with Gasteiger partial charge >= 0.3 is 0 Å². The van der Waals surface area contributed by atoms with Crippen LogP contribution < -0.4 is 5.32 Å². The minimum atomic E-state index is -0.442. The van der Waals surface area contributed by atoms with Crippen LogP contribution in [0.2, 0.25) is 0 Å². The average Bonchev–Trinajstić information content (AvgIpc) is 2.27. The molecule has 1 rings (SSSR count). The van der Waals surface area contributed by atoms with Crippen LogP contribution in [0.5, 0.6) is 0 Å². The summed E-state index contributed by atoms with van der Waals surface area (Å²) in [6.45, 7) is 2.32. The van der Waals surface area contributed by atoms with Gasteiger partial charge in [-0.1, -0.05) is 31.5 Å². The van der Waals surface area contributed by atoms with Gasteiger partial charge in [-0.05, 0) is 18.6 Å². The molecule has 0 radical (unpaired) electrons. The van der Waals surface area contributed by atoms with E-state index in [0.29, 0.717) is 12.1 Å². The molecule has 3 nitrogen and oxygen atoms in total. The van der Waals surface area contributed by atoms with Crippen LogP contribution >= 0.6 is 0 Å². The third kappa shape index (κ3) is 4.13. The second-order valence-electron chi connectivity index (χ2n) is 3.52. The summed E-state index contributed by atoms with van der Waals surface area (Å²) in [7, 11) is 0. The molecule has 1 aromatic rings. The van der Waals surface area contributed by atoms with Crippen molar-refractivity contribution in [3.05, 3.63) is 35.9 Å². The zero-order valence-corrected chi connectivity index (χ0v) is 8.94. The molecule has 0 fully saturated rings. The Kier molecular flexibility index (Phi) is 4.84. The van der Waals surface area contributed by atoms with Crippen molar-refractivity contribution in [3.63, 3.8) is 0 Å². The summed E-state index contributed by atoms with van der Waals surface area (Å²) in [5, 5.41) is 12.1. The van der Waals surface area contributed by atoms with Crippen molar-refractivity contribution in [1.82, 2.24) is 5.32 Å². The van der Waals surface area contributed by atoms with Crippen LogP contribution in [0, 0.1) is 0 Å². The number of carbonyl (C=O) groups is 1. The van der Waals surface area contributed by atoms with Gasteiger partial charge in [0, 0.05) is 12.1 Å². The lowest BCUT2D eigenvalue weighted by Gasteiger charge is -2.10. The molecular formula is C12H17NO2. The molecule has 0 saturated carbocycles.